The molecule has 1 aromatic rings. The van der Waals surface area contributed by atoms with Gasteiger partial charge in [-0.3, -0.25) is 9.59 Å². The number of carbonyl (C=O) groups excluding carboxylic acids is 2. The van der Waals surface area contributed by atoms with E-state index in [0.717, 1.165) is 0 Å². The van der Waals surface area contributed by atoms with Crippen LogP contribution in [0.15, 0.2) is 24.3 Å². The topological polar surface area (TPSA) is 78.9 Å². The number of ether oxygens (including phenoxy) is 1. The number of rotatable bonds is 5. The third-order valence-electron chi connectivity index (χ3n) is 3.99. The minimum absolute atomic E-state index is 0.0590. The number of hydrogen-bond donors (Lipinski definition) is 2. The second-order valence-electron chi connectivity index (χ2n) is 5.60. The lowest BCUT2D eigenvalue weighted by atomic mass is 9.91. The maximum Gasteiger partial charge on any atom is 0.253 e. The Balaban J connectivity index is 2.04. The Morgan fingerprint density at radius 2 is 2.09 bits per heavy atom. The lowest BCUT2D eigenvalue weighted by molar-refractivity contribution is -0.126. The predicted molar refractivity (Wildman–Crippen MR) is 81.3 cm³/mol. The summed E-state index contributed by atoms with van der Waals surface area (Å²) in [5.41, 5.74) is 0.399. The Morgan fingerprint density at radius 3 is 2.70 bits per heavy atom. The number of nitrogens with one attached hydrogen (secondary N) is 1. The van der Waals surface area contributed by atoms with Crippen molar-refractivity contribution >= 4 is 11.8 Å². The Bertz CT molecular complexity index is 550. The number of amides is 2. The van der Waals surface area contributed by atoms with Crippen molar-refractivity contribution in [2.75, 3.05) is 33.4 Å². The maximum atomic E-state index is 13.0. The van der Waals surface area contributed by atoms with Crippen molar-refractivity contribution in [1.29, 1.82) is 0 Å². The number of hydrogen-bond acceptors (Lipinski definition) is 4. The molecule has 1 heterocycles. The molecule has 0 saturated carbocycles. The standard InChI is InChI=1S/C16H21FN2O4/c1-23-10-15(21)18-14-8-19(7-6-12(14)9-20)16(22)11-2-4-13(17)5-3-11/h2-5,12,14,20H,6-10H2,1H3,(H,18,21)/t12-,14-/m1/s1. The van der Waals surface area contributed by atoms with Crippen LogP contribution in [-0.4, -0.2) is 61.3 Å². The number of piperidine rings is 1. The summed E-state index contributed by atoms with van der Waals surface area (Å²) in [7, 11) is 1.42. The first-order chi connectivity index (χ1) is 11.0. The Labute approximate surface area is 134 Å². The first kappa shape index (κ1) is 17.4. The number of benzene rings is 1. The van der Waals surface area contributed by atoms with E-state index in [0.29, 0.717) is 25.1 Å². The minimum atomic E-state index is -0.398. The van der Waals surface area contributed by atoms with Gasteiger partial charge in [0.15, 0.2) is 0 Å². The van der Waals surface area contributed by atoms with Crippen molar-refractivity contribution in [3.8, 4) is 0 Å². The SMILES string of the molecule is COCC(=O)N[C@@H]1CN(C(=O)c2ccc(F)cc2)CC[C@@H]1CO. The van der Waals surface area contributed by atoms with Crippen LogP contribution in [0.1, 0.15) is 16.8 Å². The van der Waals surface area contributed by atoms with E-state index < -0.39 is 5.82 Å². The average Bonchev–Trinajstić information content (AvgIpc) is 2.55. The predicted octanol–water partition coefficient (Wildman–Crippen LogP) is 0.411. The van der Waals surface area contributed by atoms with E-state index in [1.54, 1.807) is 4.90 Å². The molecule has 0 unspecified atom stereocenters. The van der Waals surface area contributed by atoms with Crippen molar-refractivity contribution in [2.45, 2.75) is 12.5 Å². The van der Waals surface area contributed by atoms with Crippen LogP contribution in [0.25, 0.3) is 0 Å². The van der Waals surface area contributed by atoms with Gasteiger partial charge < -0.3 is 20.1 Å². The Kier molecular flexibility index (Phi) is 6.06. The summed E-state index contributed by atoms with van der Waals surface area (Å²) in [4.78, 5) is 25.8. The molecule has 1 aliphatic rings. The molecule has 1 aromatic carbocycles. The fourth-order valence-corrected chi connectivity index (χ4v) is 2.72. The van der Waals surface area contributed by atoms with Crippen LogP contribution in [0.2, 0.25) is 0 Å². The van der Waals surface area contributed by atoms with Gasteiger partial charge in [-0.05, 0) is 30.7 Å². The van der Waals surface area contributed by atoms with E-state index in [-0.39, 0.29) is 37.0 Å². The lowest BCUT2D eigenvalue weighted by Gasteiger charge is -2.38. The number of aliphatic hydroxyl groups is 1. The zero-order valence-corrected chi connectivity index (χ0v) is 13.0. The highest BCUT2D eigenvalue weighted by molar-refractivity contribution is 5.94. The number of halogens is 1. The second-order valence-corrected chi connectivity index (χ2v) is 5.60. The molecule has 126 valence electrons. The Hall–Kier alpha value is -1.99. The number of carbonyl (C=O) groups is 2. The molecule has 0 aliphatic carbocycles. The molecule has 2 amide bonds. The molecule has 6 nitrogen and oxygen atoms in total. The van der Waals surface area contributed by atoms with E-state index >= 15 is 0 Å². The summed E-state index contributed by atoms with van der Waals surface area (Å²) >= 11 is 0. The fraction of sp³-hybridized carbons (Fsp3) is 0.500. The van der Waals surface area contributed by atoms with Gasteiger partial charge >= 0.3 is 0 Å². The molecule has 23 heavy (non-hydrogen) atoms. The number of nitrogens with zero attached hydrogens (tertiary/aromatic N) is 1. The minimum Gasteiger partial charge on any atom is -0.396 e. The van der Waals surface area contributed by atoms with Gasteiger partial charge in [0.25, 0.3) is 5.91 Å². The van der Waals surface area contributed by atoms with Gasteiger partial charge in [0.1, 0.15) is 12.4 Å². The number of likely N-dealkylation sites (tertiary alicyclic amines) is 1. The van der Waals surface area contributed by atoms with Crippen molar-refractivity contribution in [3.05, 3.63) is 35.6 Å². The fourth-order valence-electron chi connectivity index (χ4n) is 2.72. The van der Waals surface area contributed by atoms with Gasteiger partial charge in [-0.1, -0.05) is 0 Å². The van der Waals surface area contributed by atoms with Gasteiger partial charge in [-0.2, -0.15) is 0 Å². The molecule has 0 bridgehead atoms. The average molecular weight is 324 g/mol. The molecule has 1 saturated heterocycles. The summed E-state index contributed by atoms with van der Waals surface area (Å²) < 4.78 is 17.7. The first-order valence-electron chi connectivity index (χ1n) is 7.49. The molecule has 2 atom stereocenters. The zero-order chi connectivity index (χ0) is 16.8. The van der Waals surface area contributed by atoms with Crippen LogP contribution in [-0.2, 0) is 9.53 Å². The van der Waals surface area contributed by atoms with Gasteiger partial charge in [-0.15, -0.1) is 0 Å². The third kappa shape index (κ3) is 4.49. The molecule has 0 radical (unpaired) electrons. The Morgan fingerprint density at radius 1 is 1.39 bits per heavy atom. The smallest absolute Gasteiger partial charge is 0.253 e. The van der Waals surface area contributed by atoms with Crippen LogP contribution in [0.3, 0.4) is 0 Å². The molecule has 2 N–H and O–H groups in total. The van der Waals surface area contributed by atoms with Gasteiger partial charge in [-0.25, -0.2) is 4.39 Å². The van der Waals surface area contributed by atoms with Crippen LogP contribution in [0.5, 0.6) is 0 Å². The monoisotopic (exact) mass is 324 g/mol. The summed E-state index contributed by atoms with van der Waals surface area (Å²) in [6.07, 6.45) is 0.585. The van der Waals surface area contributed by atoms with Crippen molar-refractivity contribution in [2.24, 2.45) is 5.92 Å². The summed E-state index contributed by atoms with van der Waals surface area (Å²) in [5.74, 6) is -1.00. The maximum absolute atomic E-state index is 13.0. The van der Waals surface area contributed by atoms with Crippen LogP contribution < -0.4 is 5.32 Å². The van der Waals surface area contributed by atoms with Gasteiger partial charge in [0.2, 0.25) is 5.91 Å². The van der Waals surface area contributed by atoms with Gasteiger partial charge in [0.05, 0.1) is 6.04 Å². The molecule has 0 spiro atoms. The third-order valence-corrected chi connectivity index (χ3v) is 3.99. The van der Waals surface area contributed by atoms with Crippen LogP contribution >= 0.6 is 0 Å². The highest BCUT2D eigenvalue weighted by Crippen LogP contribution is 2.19. The molecular weight excluding hydrogens is 303 g/mol. The molecule has 0 aromatic heterocycles. The van der Waals surface area contributed by atoms with E-state index in [2.05, 4.69) is 5.32 Å². The second kappa shape index (κ2) is 8.03. The molecule has 1 aliphatic heterocycles. The summed E-state index contributed by atoms with van der Waals surface area (Å²) in [5, 5.41) is 12.2. The van der Waals surface area contributed by atoms with Crippen molar-refractivity contribution in [1.82, 2.24) is 10.2 Å². The summed E-state index contributed by atoms with van der Waals surface area (Å²) in [6.45, 7) is 0.659. The highest BCUT2D eigenvalue weighted by Gasteiger charge is 2.32. The van der Waals surface area contributed by atoms with Crippen LogP contribution in [0.4, 0.5) is 4.39 Å². The largest absolute Gasteiger partial charge is 0.396 e. The first-order valence-corrected chi connectivity index (χ1v) is 7.49. The quantitative estimate of drug-likeness (QED) is 0.822. The lowest BCUT2D eigenvalue weighted by Crippen LogP contribution is -2.55. The summed E-state index contributed by atoms with van der Waals surface area (Å²) in [6, 6.07) is 5.03. The van der Waals surface area contributed by atoms with Gasteiger partial charge in [0, 0.05) is 38.3 Å². The van der Waals surface area contributed by atoms with Crippen molar-refractivity contribution in [3.63, 3.8) is 0 Å². The van der Waals surface area contributed by atoms with E-state index in [4.69, 9.17) is 4.74 Å². The van der Waals surface area contributed by atoms with E-state index in [1.165, 1.54) is 31.4 Å². The van der Waals surface area contributed by atoms with E-state index in [9.17, 15) is 19.1 Å². The van der Waals surface area contributed by atoms with Crippen molar-refractivity contribution < 1.29 is 23.8 Å². The number of methoxy groups -OCH3 is 1. The highest BCUT2D eigenvalue weighted by atomic mass is 19.1. The molecule has 7 heteroatoms. The molecule has 2 rings (SSSR count). The van der Waals surface area contributed by atoms with E-state index in [1.807, 2.05) is 0 Å². The molecular formula is C16H21FN2O4. The number of aliphatic hydroxyl groups excluding tert-OH is 1. The molecule has 1 fully saturated rings. The normalized spacial score (nSPS) is 21.1. The zero-order valence-electron chi connectivity index (χ0n) is 13.0. The van der Waals surface area contributed by atoms with Crippen LogP contribution in [0, 0.1) is 11.7 Å².